The van der Waals surface area contributed by atoms with Crippen LogP contribution in [0.25, 0.3) is 0 Å². The van der Waals surface area contributed by atoms with Crippen molar-refractivity contribution >= 4 is 29.5 Å². The lowest BCUT2D eigenvalue weighted by atomic mass is 9.93. The predicted octanol–water partition coefficient (Wildman–Crippen LogP) is 2.22. The molecule has 2 heterocycles. The van der Waals surface area contributed by atoms with Gasteiger partial charge in [-0.15, -0.1) is 11.8 Å². The summed E-state index contributed by atoms with van der Waals surface area (Å²) in [5.74, 6) is -1.06. The van der Waals surface area contributed by atoms with E-state index in [1.165, 1.54) is 16.7 Å². The lowest BCUT2D eigenvalue weighted by Crippen LogP contribution is -2.74. The van der Waals surface area contributed by atoms with E-state index in [1.807, 2.05) is 54.6 Å². The molecule has 0 aliphatic carbocycles. The summed E-state index contributed by atoms with van der Waals surface area (Å²) in [5, 5.41) is 14.0. The van der Waals surface area contributed by atoms with E-state index < -0.39 is 23.4 Å². The first kappa shape index (κ1) is 21.0. The topological polar surface area (TPSA) is 95.9 Å². The van der Waals surface area contributed by atoms with Crippen molar-refractivity contribution in [2.24, 2.45) is 0 Å². The van der Waals surface area contributed by atoms with Crippen LogP contribution in [0.2, 0.25) is 0 Å². The molecule has 0 aromatic heterocycles. The van der Waals surface area contributed by atoms with Gasteiger partial charge in [-0.2, -0.15) is 0 Å². The minimum absolute atomic E-state index is 0.166. The maximum Gasteiger partial charge on any atom is 0.330 e. The number of para-hydroxylation sites is 1. The Balaban J connectivity index is 1.48. The van der Waals surface area contributed by atoms with E-state index in [1.54, 1.807) is 12.5 Å². The van der Waals surface area contributed by atoms with Gasteiger partial charge in [-0.25, -0.2) is 4.79 Å². The number of carbonyl (C=O) groups excluding carboxylic acids is 2. The summed E-state index contributed by atoms with van der Waals surface area (Å²) < 4.78 is 5.37. The molecule has 4 rings (SSSR count). The Hall–Kier alpha value is -3.26. The van der Waals surface area contributed by atoms with Crippen LogP contribution in [0, 0.1) is 0 Å². The number of methoxy groups -OCH3 is 1. The second-order valence-electron chi connectivity index (χ2n) is 7.40. The number of benzene rings is 2. The number of amides is 2. The second-order valence-corrected chi connectivity index (χ2v) is 8.39. The number of rotatable bonds is 7. The lowest BCUT2D eigenvalue weighted by molar-refractivity contribution is -0.160. The molecule has 0 spiro atoms. The summed E-state index contributed by atoms with van der Waals surface area (Å²) in [6, 6.07) is 14.9. The van der Waals surface area contributed by atoms with E-state index in [-0.39, 0.29) is 18.2 Å². The Kier molecular flexibility index (Phi) is 5.99. The van der Waals surface area contributed by atoms with Crippen molar-refractivity contribution in [3.8, 4) is 5.75 Å². The number of thioether (sulfide) groups is 1. The molecular weight excluding hydrogens is 416 g/mol. The third-order valence-corrected chi connectivity index (χ3v) is 6.63. The first-order valence-electron chi connectivity index (χ1n) is 9.84. The molecule has 31 heavy (non-hydrogen) atoms. The fourth-order valence-corrected chi connectivity index (χ4v) is 5.15. The molecule has 8 heteroatoms. The highest BCUT2D eigenvalue weighted by molar-refractivity contribution is 8.02. The Morgan fingerprint density at radius 3 is 2.55 bits per heavy atom. The van der Waals surface area contributed by atoms with E-state index in [4.69, 9.17) is 4.74 Å². The zero-order valence-corrected chi connectivity index (χ0v) is 17.7. The molecule has 3 atom stereocenters. The fourth-order valence-electron chi connectivity index (χ4n) is 3.93. The Morgan fingerprint density at radius 1 is 1.13 bits per heavy atom. The van der Waals surface area contributed by atoms with E-state index >= 15 is 0 Å². The van der Waals surface area contributed by atoms with Crippen LogP contribution in [-0.4, -0.2) is 52.4 Å². The minimum atomic E-state index is -1.09. The molecule has 2 amide bonds. The number of carboxylic acid groups (broad SMARTS) is 1. The van der Waals surface area contributed by atoms with Crippen LogP contribution in [0.15, 0.2) is 65.6 Å². The number of carboxylic acids is 1. The van der Waals surface area contributed by atoms with Crippen molar-refractivity contribution in [1.29, 1.82) is 0 Å². The molecule has 7 nitrogen and oxygen atoms in total. The van der Waals surface area contributed by atoms with Gasteiger partial charge in [0.15, 0.2) is 6.04 Å². The van der Waals surface area contributed by atoms with Crippen LogP contribution in [0.3, 0.4) is 0 Å². The van der Waals surface area contributed by atoms with Gasteiger partial charge in [0.25, 0.3) is 0 Å². The predicted molar refractivity (Wildman–Crippen MR) is 117 cm³/mol. The highest BCUT2D eigenvalue weighted by atomic mass is 32.2. The summed E-state index contributed by atoms with van der Waals surface area (Å²) in [5.41, 5.74) is 2.31. The lowest BCUT2D eigenvalue weighted by Gasteiger charge is -2.51. The van der Waals surface area contributed by atoms with Crippen LogP contribution < -0.4 is 10.1 Å². The average molecular weight is 439 g/mol. The Labute approximate surface area is 184 Å². The van der Waals surface area contributed by atoms with Crippen LogP contribution in [0.4, 0.5) is 0 Å². The molecular formula is C23H22N2O5S. The van der Waals surface area contributed by atoms with Gasteiger partial charge in [0.1, 0.15) is 17.2 Å². The number of nitrogens with zero attached hydrogens (tertiary/aromatic N) is 1. The first-order chi connectivity index (χ1) is 15.0. The minimum Gasteiger partial charge on any atom is -0.496 e. The normalized spacial score (nSPS) is 22.1. The maximum atomic E-state index is 12.8. The van der Waals surface area contributed by atoms with Gasteiger partial charge < -0.3 is 20.1 Å². The van der Waals surface area contributed by atoms with E-state index in [0.717, 1.165) is 11.1 Å². The molecule has 2 aliphatic rings. The van der Waals surface area contributed by atoms with Gasteiger partial charge in [0, 0.05) is 6.42 Å². The number of aliphatic carboxylic acids is 1. The van der Waals surface area contributed by atoms with Gasteiger partial charge in [-0.1, -0.05) is 48.5 Å². The average Bonchev–Trinajstić information content (AvgIpc) is 2.78. The zero-order chi connectivity index (χ0) is 22.0. The standard InChI is InChI=1S/C23H22N2O5S/c1-30-17-10-6-5-9-15(17)12-16-13-31-22-19(21(27)25(22)20(16)23(28)29)24-18(26)11-14-7-3-2-4-8-14/h2-10,13,19-20,22H,11-12H2,1H3,(H,24,26)(H,28,29)/t19?,20?,22-/m1/s1. The van der Waals surface area contributed by atoms with Gasteiger partial charge in [0.05, 0.1) is 13.5 Å². The van der Waals surface area contributed by atoms with Crippen LogP contribution in [0.5, 0.6) is 5.75 Å². The van der Waals surface area contributed by atoms with E-state index in [9.17, 15) is 19.5 Å². The number of hydrogen-bond acceptors (Lipinski definition) is 5. The Bertz CT molecular complexity index is 1040. The smallest absolute Gasteiger partial charge is 0.330 e. The van der Waals surface area contributed by atoms with Crippen molar-refractivity contribution in [3.05, 3.63) is 76.7 Å². The largest absolute Gasteiger partial charge is 0.496 e. The van der Waals surface area contributed by atoms with Gasteiger partial charge in [-0.05, 0) is 28.2 Å². The van der Waals surface area contributed by atoms with Crippen molar-refractivity contribution in [1.82, 2.24) is 10.2 Å². The number of ether oxygens (including phenoxy) is 1. The van der Waals surface area contributed by atoms with Crippen molar-refractivity contribution < 1.29 is 24.2 Å². The molecule has 2 aromatic carbocycles. The van der Waals surface area contributed by atoms with Gasteiger partial charge in [-0.3, -0.25) is 9.59 Å². The second kappa shape index (κ2) is 8.85. The molecule has 160 valence electrons. The summed E-state index contributed by atoms with van der Waals surface area (Å²) >= 11 is 1.36. The maximum absolute atomic E-state index is 12.8. The number of hydrogen-bond donors (Lipinski definition) is 2. The third-order valence-electron chi connectivity index (χ3n) is 5.41. The third kappa shape index (κ3) is 4.16. The molecule has 0 radical (unpaired) electrons. The molecule has 2 N–H and O–H groups in total. The number of β-lactam (4-membered cyclic amide) rings is 1. The van der Waals surface area contributed by atoms with Crippen LogP contribution in [-0.2, 0) is 27.2 Å². The fraction of sp³-hybridized carbons (Fsp3) is 0.261. The number of fused-ring (bicyclic) bond motifs is 1. The SMILES string of the molecule is COc1ccccc1CC1=CS[C@@H]2C(NC(=O)Cc3ccccc3)C(=O)N2C1C(=O)O. The zero-order valence-electron chi connectivity index (χ0n) is 16.9. The van der Waals surface area contributed by atoms with E-state index in [0.29, 0.717) is 17.7 Å². The molecule has 1 fully saturated rings. The van der Waals surface area contributed by atoms with Gasteiger partial charge >= 0.3 is 5.97 Å². The summed E-state index contributed by atoms with van der Waals surface area (Å²) in [7, 11) is 1.56. The molecule has 1 saturated heterocycles. The highest BCUT2D eigenvalue weighted by Gasteiger charge is 2.55. The molecule has 0 saturated carbocycles. The molecule has 0 bridgehead atoms. The number of carbonyl (C=O) groups is 3. The van der Waals surface area contributed by atoms with Crippen molar-refractivity contribution in [2.45, 2.75) is 30.3 Å². The van der Waals surface area contributed by atoms with Crippen LogP contribution >= 0.6 is 11.8 Å². The van der Waals surface area contributed by atoms with Crippen LogP contribution in [0.1, 0.15) is 11.1 Å². The molecule has 2 aliphatic heterocycles. The first-order valence-corrected chi connectivity index (χ1v) is 10.8. The monoisotopic (exact) mass is 438 g/mol. The summed E-state index contributed by atoms with van der Waals surface area (Å²) in [6.07, 6.45) is 0.523. The quantitative estimate of drug-likeness (QED) is 0.644. The van der Waals surface area contributed by atoms with Crippen molar-refractivity contribution in [3.63, 3.8) is 0 Å². The molecule has 2 unspecified atom stereocenters. The van der Waals surface area contributed by atoms with E-state index in [2.05, 4.69) is 5.32 Å². The summed E-state index contributed by atoms with van der Waals surface area (Å²) in [4.78, 5) is 38.6. The highest BCUT2D eigenvalue weighted by Crippen LogP contribution is 2.41. The van der Waals surface area contributed by atoms with Gasteiger partial charge in [0.2, 0.25) is 11.8 Å². The molecule has 2 aromatic rings. The van der Waals surface area contributed by atoms with Crippen molar-refractivity contribution in [2.75, 3.05) is 7.11 Å². The number of nitrogens with one attached hydrogen (secondary N) is 1. The Morgan fingerprint density at radius 2 is 1.84 bits per heavy atom. The summed E-state index contributed by atoms with van der Waals surface area (Å²) in [6.45, 7) is 0.